The Morgan fingerprint density at radius 2 is 1.90 bits per heavy atom. The monoisotopic (exact) mass is 268 g/mol. The highest BCUT2D eigenvalue weighted by Gasteiger charge is 2.02. The molecule has 0 aliphatic carbocycles. The molecule has 0 atom stereocenters. The molecule has 0 aliphatic rings. The SMILES string of the molecule is CN(Cc1cccc(C#CCN)c1)c1ccc(F)cc1. The molecule has 102 valence electrons. The van der Waals surface area contributed by atoms with Crippen LogP contribution in [0.1, 0.15) is 11.1 Å². The second-order valence-corrected chi connectivity index (χ2v) is 4.54. The Morgan fingerprint density at radius 1 is 1.15 bits per heavy atom. The van der Waals surface area contributed by atoms with Crippen molar-refractivity contribution in [3.8, 4) is 11.8 Å². The van der Waals surface area contributed by atoms with Crippen LogP contribution in [0.3, 0.4) is 0 Å². The Kier molecular flexibility index (Phi) is 4.75. The molecule has 3 heteroatoms. The summed E-state index contributed by atoms with van der Waals surface area (Å²) < 4.78 is 12.9. The van der Waals surface area contributed by atoms with Crippen molar-refractivity contribution >= 4 is 5.69 Å². The topological polar surface area (TPSA) is 29.3 Å². The second-order valence-electron chi connectivity index (χ2n) is 4.54. The van der Waals surface area contributed by atoms with Crippen LogP contribution in [0.15, 0.2) is 48.5 Å². The van der Waals surface area contributed by atoms with E-state index in [4.69, 9.17) is 5.73 Å². The first-order valence-electron chi connectivity index (χ1n) is 6.43. The molecular formula is C17H17FN2. The van der Waals surface area contributed by atoms with Crippen molar-refractivity contribution in [3.63, 3.8) is 0 Å². The van der Waals surface area contributed by atoms with Crippen LogP contribution in [0.2, 0.25) is 0 Å². The predicted molar refractivity (Wildman–Crippen MR) is 80.9 cm³/mol. The highest BCUT2D eigenvalue weighted by atomic mass is 19.1. The minimum atomic E-state index is -0.221. The molecule has 2 rings (SSSR count). The first kappa shape index (κ1) is 14.1. The third-order valence-corrected chi connectivity index (χ3v) is 2.95. The molecule has 0 saturated heterocycles. The molecule has 0 unspecified atom stereocenters. The van der Waals surface area contributed by atoms with Gasteiger partial charge < -0.3 is 10.6 Å². The smallest absolute Gasteiger partial charge is 0.123 e. The maximum atomic E-state index is 12.9. The van der Waals surface area contributed by atoms with E-state index in [1.54, 1.807) is 12.1 Å². The fourth-order valence-electron chi connectivity index (χ4n) is 1.96. The lowest BCUT2D eigenvalue weighted by Crippen LogP contribution is -2.16. The Labute approximate surface area is 119 Å². The lowest BCUT2D eigenvalue weighted by molar-refractivity contribution is 0.627. The summed E-state index contributed by atoms with van der Waals surface area (Å²) in [6.45, 7) is 1.10. The van der Waals surface area contributed by atoms with Gasteiger partial charge in [0.1, 0.15) is 5.82 Å². The summed E-state index contributed by atoms with van der Waals surface area (Å²) in [5.41, 5.74) is 8.46. The second kappa shape index (κ2) is 6.74. The van der Waals surface area contributed by atoms with E-state index in [9.17, 15) is 4.39 Å². The van der Waals surface area contributed by atoms with Crippen molar-refractivity contribution in [2.45, 2.75) is 6.54 Å². The standard InChI is InChI=1S/C17H17FN2/c1-20(17-9-7-16(18)8-10-17)13-15-5-2-4-14(12-15)6-3-11-19/h2,4-5,7-10,12H,11,13,19H2,1H3. The maximum Gasteiger partial charge on any atom is 0.123 e. The van der Waals surface area contributed by atoms with E-state index in [1.807, 2.05) is 31.3 Å². The van der Waals surface area contributed by atoms with Crippen LogP contribution in [0.5, 0.6) is 0 Å². The third kappa shape index (κ3) is 3.84. The van der Waals surface area contributed by atoms with Gasteiger partial charge in [-0.1, -0.05) is 24.0 Å². The fourth-order valence-corrected chi connectivity index (χ4v) is 1.96. The van der Waals surface area contributed by atoms with Crippen LogP contribution in [0.25, 0.3) is 0 Å². The molecule has 0 bridgehead atoms. The van der Waals surface area contributed by atoms with Gasteiger partial charge >= 0.3 is 0 Å². The van der Waals surface area contributed by atoms with E-state index in [1.165, 1.54) is 12.1 Å². The molecule has 2 aromatic carbocycles. The molecular weight excluding hydrogens is 251 g/mol. The van der Waals surface area contributed by atoms with Gasteiger partial charge in [-0.3, -0.25) is 0 Å². The van der Waals surface area contributed by atoms with Gasteiger partial charge in [0, 0.05) is 24.8 Å². The maximum absolute atomic E-state index is 12.9. The quantitative estimate of drug-likeness (QED) is 0.867. The van der Waals surface area contributed by atoms with Crippen molar-refractivity contribution < 1.29 is 4.39 Å². The first-order valence-corrected chi connectivity index (χ1v) is 6.43. The molecule has 0 aliphatic heterocycles. The molecule has 0 aromatic heterocycles. The predicted octanol–water partition coefficient (Wildman–Crippen LogP) is 2.77. The molecule has 2 N–H and O–H groups in total. The molecule has 0 fully saturated rings. The highest BCUT2D eigenvalue weighted by Crippen LogP contribution is 2.16. The highest BCUT2D eigenvalue weighted by molar-refractivity contribution is 5.47. The molecule has 0 radical (unpaired) electrons. The molecule has 20 heavy (non-hydrogen) atoms. The van der Waals surface area contributed by atoms with Crippen molar-refractivity contribution in [3.05, 3.63) is 65.5 Å². The molecule has 0 amide bonds. The number of anilines is 1. The van der Waals surface area contributed by atoms with E-state index in [-0.39, 0.29) is 5.82 Å². The minimum absolute atomic E-state index is 0.221. The Balaban J connectivity index is 2.11. The van der Waals surface area contributed by atoms with Crippen molar-refractivity contribution in [2.75, 3.05) is 18.5 Å². The number of benzene rings is 2. The summed E-state index contributed by atoms with van der Waals surface area (Å²) >= 11 is 0. The van der Waals surface area contributed by atoms with Gasteiger partial charge in [-0.25, -0.2) is 4.39 Å². The van der Waals surface area contributed by atoms with Crippen LogP contribution in [-0.4, -0.2) is 13.6 Å². The van der Waals surface area contributed by atoms with Crippen LogP contribution in [0, 0.1) is 17.7 Å². The number of rotatable bonds is 3. The Morgan fingerprint density at radius 3 is 2.60 bits per heavy atom. The Hall–Kier alpha value is -2.31. The number of nitrogens with zero attached hydrogens (tertiary/aromatic N) is 1. The van der Waals surface area contributed by atoms with Gasteiger partial charge in [0.25, 0.3) is 0 Å². The lowest BCUT2D eigenvalue weighted by Gasteiger charge is -2.19. The number of hydrogen-bond donors (Lipinski definition) is 1. The molecule has 0 saturated carbocycles. The summed E-state index contributed by atoms with van der Waals surface area (Å²) in [6, 6.07) is 14.5. The van der Waals surface area contributed by atoms with Gasteiger partial charge in [0.2, 0.25) is 0 Å². The van der Waals surface area contributed by atoms with E-state index in [0.29, 0.717) is 6.54 Å². The number of hydrogen-bond acceptors (Lipinski definition) is 2. The van der Waals surface area contributed by atoms with E-state index < -0.39 is 0 Å². The summed E-state index contributed by atoms with van der Waals surface area (Å²) in [7, 11) is 1.98. The van der Waals surface area contributed by atoms with Crippen LogP contribution in [0.4, 0.5) is 10.1 Å². The average Bonchev–Trinajstić information content (AvgIpc) is 2.46. The van der Waals surface area contributed by atoms with E-state index in [2.05, 4.69) is 16.7 Å². The summed E-state index contributed by atoms with van der Waals surface area (Å²) in [5.74, 6) is 5.65. The average molecular weight is 268 g/mol. The summed E-state index contributed by atoms with van der Waals surface area (Å²) in [4.78, 5) is 2.06. The minimum Gasteiger partial charge on any atom is -0.370 e. The van der Waals surface area contributed by atoms with Gasteiger partial charge in [0.05, 0.1) is 6.54 Å². The van der Waals surface area contributed by atoms with Crippen LogP contribution in [-0.2, 0) is 6.54 Å². The third-order valence-electron chi connectivity index (χ3n) is 2.95. The number of halogens is 1. The first-order chi connectivity index (χ1) is 9.69. The lowest BCUT2D eigenvalue weighted by atomic mass is 10.1. The zero-order chi connectivity index (χ0) is 14.4. The van der Waals surface area contributed by atoms with E-state index in [0.717, 1.165) is 23.4 Å². The van der Waals surface area contributed by atoms with Gasteiger partial charge in [0.15, 0.2) is 0 Å². The number of nitrogens with two attached hydrogens (primary N) is 1. The molecule has 2 aromatic rings. The molecule has 2 nitrogen and oxygen atoms in total. The van der Waals surface area contributed by atoms with Gasteiger partial charge in [-0.05, 0) is 42.0 Å². The molecule has 0 heterocycles. The zero-order valence-electron chi connectivity index (χ0n) is 11.4. The largest absolute Gasteiger partial charge is 0.370 e. The Bertz CT molecular complexity index is 623. The molecule has 0 spiro atoms. The van der Waals surface area contributed by atoms with Crippen molar-refractivity contribution in [1.29, 1.82) is 0 Å². The van der Waals surface area contributed by atoms with Gasteiger partial charge in [-0.15, -0.1) is 0 Å². The van der Waals surface area contributed by atoms with Gasteiger partial charge in [-0.2, -0.15) is 0 Å². The van der Waals surface area contributed by atoms with E-state index >= 15 is 0 Å². The van der Waals surface area contributed by atoms with Crippen molar-refractivity contribution in [1.82, 2.24) is 0 Å². The zero-order valence-corrected chi connectivity index (χ0v) is 11.4. The summed E-state index contributed by atoms with van der Waals surface area (Å²) in [6.07, 6.45) is 0. The normalized spacial score (nSPS) is 9.75. The van der Waals surface area contributed by atoms with Crippen LogP contribution >= 0.6 is 0 Å². The van der Waals surface area contributed by atoms with Crippen LogP contribution < -0.4 is 10.6 Å². The van der Waals surface area contributed by atoms with Crippen molar-refractivity contribution in [2.24, 2.45) is 5.73 Å². The fraction of sp³-hybridized carbons (Fsp3) is 0.176. The summed E-state index contributed by atoms with van der Waals surface area (Å²) in [5, 5.41) is 0.